The lowest BCUT2D eigenvalue weighted by Gasteiger charge is -2.35. The molecule has 0 aromatic carbocycles. The first-order valence-corrected chi connectivity index (χ1v) is 6.61. The van der Waals surface area contributed by atoms with Gasteiger partial charge in [-0.15, -0.1) is 11.6 Å². The topological polar surface area (TPSA) is 32.3 Å². The quantitative estimate of drug-likeness (QED) is 0.765. The molecule has 0 amide bonds. The predicted molar refractivity (Wildman–Crippen MR) is 70.6 cm³/mol. The molecule has 1 aliphatic heterocycles. The van der Waals surface area contributed by atoms with Crippen molar-refractivity contribution in [3.05, 3.63) is 18.5 Å². The van der Waals surface area contributed by atoms with E-state index in [1.165, 1.54) is 0 Å². The molecule has 94 valence electrons. The van der Waals surface area contributed by atoms with Crippen LogP contribution in [0.3, 0.4) is 0 Å². The Kier molecular flexibility index (Phi) is 4.57. The van der Waals surface area contributed by atoms with Crippen molar-refractivity contribution in [1.82, 2.24) is 14.9 Å². The highest BCUT2D eigenvalue weighted by atomic mass is 35.5. The molecule has 4 nitrogen and oxygen atoms in total. The second-order valence-corrected chi connectivity index (χ2v) is 4.96. The minimum absolute atomic E-state index is 0.273. The van der Waals surface area contributed by atoms with Crippen molar-refractivity contribution < 1.29 is 0 Å². The normalized spacial score (nSPS) is 19.3. The van der Waals surface area contributed by atoms with Crippen LogP contribution in [0.25, 0.3) is 0 Å². The standard InChI is InChI=1S/C12H19ClN4/c1-2-11(13)10-16-6-8-17(9-7-16)12-14-4-3-5-15-12/h3-5,11H,2,6-10H2,1H3. The van der Waals surface area contributed by atoms with Crippen LogP contribution >= 0.6 is 11.6 Å². The highest BCUT2D eigenvalue weighted by molar-refractivity contribution is 6.20. The molecule has 1 atom stereocenters. The van der Waals surface area contributed by atoms with Crippen molar-refractivity contribution in [1.29, 1.82) is 0 Å². The van der Waals surface area contributed by atoms with E-state index in [2.05, 4.69) is 26.7 Å². The Bertz CT molecular complexity index is 325. The molecule has 0 bridgehead atoms. The zero-order valence-electron chi connectivity index (χ0n) is 10.2. The van der Waals surface area contributed by atoms with Gasteiger partial charge >= 0.3 is 0 Å². The van der Waals surface area contributed by atoms with Crippen LogP contribution in [-0.4, -0.2) is 53.0 Å². The van der Waals surface area contributed by atoms with Gasteiger partial charge in [-0.1, -0.05) is 6.92 Å². The maximum absolute atomic E-state index is 6.17. The lowest BCUT2D eigenvalue weighted by Crippen LogP contribution is -2.48. The van der Waals surface area contributed by atoms with Gasteiger partial charge in [0.05, 0.1) is 0 Å². The summed E-state index contributed by atoms with van der Waals surface area (Å²) in [4.78, 5) is 13.2. The molecule has 1 unspecified atom stereocenters. The van der Waals surface area contributed by atoms with E-state index in [0.29, 0.717) is 0 Å². The fourth-order valence-electron chi connectivity index (χ4n) is 1.99. The molecular formula is C12H19ClN4. The zero-order valence-corrected chi connectivity index (χ0v) is 11.0. The predicted octanol–water partition coefficient (Wildman–Crippen LogP) is 1.62. The molecule has 17 heavy (non-hydrogen) atoms. The van der Waals surface area contributed by atoms with Gasteiger partial charge in [0.25, 0.3) is 0 Å². The maximum atomic E-state index is 6.17. The summed E-state index contributed by atoms with van der Waals surface area (Å²) in [5.41, 5.74) is 0. The monoisotopic (exact) mass is 254 g/mol. The Morgan fingerprint density at radius 2 is 1.88 bits per heavy atom. The number of hydrogen-bond acceptors (Lipinski definition) is 4. The van der Waals surface area contributed by atoms with E-state index in [1.54, 1.807) is 12.4 Å². The summed E-state index contributed by atoms with van der Waals surface area (Å²) in [6.07, 6.45) is 4.62. The summed E-state index contributed by atoms with van der Waals surface area (Å²) in [7, 11) is 0. The highest BCUT2D eigenvalue weighted by Gasteiger charge is 2.19. The van der Waals surface area contributed by atoms with Crippen molar-refractivity contribution in [3.8, 4) is 0 Å². The van der Waals surface area contributed by atoms with Crippen molar-refractivity contribution in [2.24, 2.45) is 0 Å². The van der Waals surface area contributed by atoms with Crippen molar-refractivity contribution in [2.75, 3.05) is 37.6 Å². The van der Waals surface area contributed by atoms with Crippen molar-refractivity contribution in [3.63, 3.8) is 0 Å². The molecule has 2 rings (SSSR count). The summed E-state index contributed by atoms with van der Waals surface area (Å²) in [6, 6.07) is 1.85. The third-order valence-corrected chi connectivity index (χ3v) is 3.55. The third-order valence-electron chi connectivity index (χ3n) is 3.11. The smallest absolute Gasteiger partial charge is 0.225 e. The van der Waals surface area contributed by atoms with Gasteiger partial charge in [0.15, 0.2) is 0 Å². The average Bonchev–Trinajstić information content (AvgIpc) is 2.40. The largest absolute Gasteiger partial charge is 0.338 e. The minimum atomic E-state index is 0.273. The van der Waals surface area contributed by atoms with Gasteiger partial charge in [-0.2, -0.15) is 0 Å². The van der Waals surface area contributed by atoms with Gasteiger partial charge in [-0.3, -0.25) is 4.90 Å². The molecule has 1 aromatic rings. The first-order valence-electron chi connectivity index (χ1n) is 6.18. The van der Waals surface area contributed by atoms with Crippen LogP contribution in [0.4, 0.5) is 5.95 Å². The summed E-state index contributed by atoms with van der Waals surface area (Å²) >= 11 is 6.17. The molecule has 1 aliphatic rings. The molecule has 0 radical (unpaired) electrons. The van der Waals surface area contributed by atoms with E-state index >= 15 is 0 Å². The van der Waals surface area contributed by atoms with E-state index in [1.807, 2.05) is 6.07 Å². The van der Waals surface area contributed by atoms with Gasteiger partial charge in [0.2, 0.25) is 5.95 Å². The number of hydrogen-bond donors (Lipinski definition) is 0. The van der Waals surface area contributed by atoms with Gasteiger partial charge in [0.1, 0.15) is 0 Å². The Morgan fingerprint density at radius 1 is 1.24 bits per heavy atom. The molecule has 1 aromatic heterocycles. The fourth-order valence-corrected chi connectivity index (χ4v) is 2.19. The molecular weight excluding hydrogens is 236 g/mol. The number of piperazine rings is 1. The molecule has 0 N–H and O–H groups in total. The molecule has 0 aliphatic carbocycles. The van der Waals surface area contributed by atoms with E-state index in [4.69, 9.17) is 11.6 Å². The number of anilines is 1. The van der Waals surface area contributed by atoms with Crippen LogP contribution < -0.4 is 4.90 Å². The highest BCUT2D eigenvalue weighted by Crippen LogP contribution is 2.11. The fraction of sp³-hybridized carbons (Fsp3) is 0.667. The van der Waals surface area contributed by atoms with Crippen LogP contribution in [0.1, 0.15) is 13.3 Å². The number of alkyl halides is 1. The first kappa shape index (κ1) is 12.6. The Hall–Kier alpha value is -0.870. The van der Waals surface area contributed by atoms with E-state index < -0.39 is 0 Å². The van der Waals surface area contributed by atoms with Gasteiger partial charge in [-0.05, 0) is 12.5 Å². The molecule has 2 heterocycles. The Balaban J connectivity index is 1.82. The SMILES string of the molecule is CCC(Cl)CN1CCN(c2ncccn2)CC1. The maximum Gasteiger partial charge on any atom is 0.225 e. The second kappa shape index (κ2) is 6.17. The summed E-state index contributed by atoms with van der Waals surface area (Å²) < 4.78 is 0. The number of aromatic nitrogens is 2. The summed E-state index contributed by atoms with van der Waals surface area (Å²) in [5, 5.41) is 0.273. The van der Waals surface area contributed by atoms with Crippen LogP contribution in [0.5, 0.6) is 0 Å². The van der Waals surface area contributed by atoms with Crippen LogP contribution in [0.15, 0.2) is 18.5 Å². The molecule has 0 saturated carbocycles. The minimum Gasteiger partial charge on any atom is -0.338 e. The Labute approximate surface area is 108 Å². The molecule has 1 saturated heterocycles. The zero-order chi connectivity index (χ0) is 12.1. The van der Waals surface area contributed by atoms with Crippen molar-refractivity contribution in [2.45, 2.75) is 18.7 Å². The molecule has 5 heteroatoms. The average molecular weight is 255 g/mol. The number of halogens is 1. The van der Waals surface area contributed by atoms with Gasteiger partial charge in [0, 0.05) is 50.5 Å². The molecule has 1 fully saturated rings. The van der Waals surface area contributed by atoms with E-state index in [9.17, 15) is 0 Å². The van der Waals surface area contributed by atoms with Gasteiger partial charge < -0.3 is 4.90 Å². The summed E-state index contributed by atoms with van der Waals surface area (Å²) in [5.74, 6) is 0.838. The number of rotatable bonds is 4. The molecule has 0 spiro atoms. The lowest BCUT2D eigenvalue weighted by atomic mass is 10.2. The lowest BCUT2D eigenvalue weighted by molar-refractivity contribution is 0.255. The van der Waals surface area contributed by atoms with E-state index in [-0.39, 0.29) is 5.38 Å². The first-order chi connectivity index (χ1) is 8.29. The van der Waals surface area contributed by atoms with Crippen LogP contribution in [-0.2, 0) is 0 Å². The van der Waals surface area contributed by atoms with Crippen molar-refractivity contribution >= 4 is 17.5 Å². The van der Waals surface area contributed by atoms with Gasteiger partial charge in [-0.25, -0.2) is 9.97 Å². The summed E-state index contributed by atoms with van der Waals surface area (Å²) in [6.45, 7) is 7.17. The van der Waals surface area contributed by atoms with E-state index in [0.717, 1.165) is 45.1 Å². The number of nitrogens with zero attached hydrogens (tertiary/aromatic N) is 4. The van der Waals surface area contributed by atoms with Crippen LogP contribution in [0.2, 0.25) is 0 Å². The van der Waals surface area contributed by atoms with Crippen LogP contribution in [0, 0.1) is 0 Å². The third kappa shape index (κ3) is 3.54. The Morgan fingerprint density at radius 3 is 2.47 bits per heavy atom. The second-order valence-electron chi connectivity index (χ2n) is 4.34.